The first kappa shape index (κ1) is 5.20. The Morgan fingerprint density at radius 1 is 1.44 bits per heavy atom. The van der Waals surface area contributed by atoms with Gasteiger partial charge in [0.15, 0.2) is 0 Å². The summed E-state index contributed by atoms with van der Waals surface area (Å²) in [6.45, 7) is 2.17. The van der Waals surface area contributed by atoms with Gasteiger partial charge in [-0.15, -0.1) is 0 Å². The molecule has 1 heteroatoms. The van der Waals surface area contributed by atoms with Crippen LogP contribution in [0.3, 0.4) is 0 Å². The molecule has 1 heterocycles. The van der Waals surface area contributed by atoms with Gasteiger partial charge in [-0.3, -0.25) is 0 Å². The van der Waals surface area contributed by atoms with E-state index in [4.69, 9.17) is 0 Å². The second-order valence-electron chi connectivity index (χ2n) is 2.26. The number of allylic oxidation sites excluding steroid dienone is 6. The third-order valence-corrected chi connectivity index (χ3v) is 2.62. The largest absolute Gasteiger partial charge is 0.0646 e. The zero-order chi connectivity index (χ0) is 6.27. The van der Waals surface area contributed by atoms with Gasteiger partial charge in [-0.25, -0.2) is 0 Å². The van der Waals surface area contributed by atoms with Crippen molar-refractivity contribution in [2.24, 2.45) is 0 Å². The van der Waals surface area contributed by atoms with Crippen LogP contribution >= 0.6 is 8.20 Å². The van der Waals surface area contributed by atoms with E-state index in [0.717, 1.165) is 0 Å². The molecule has 2 rings (SSSR count). The standard InChI is InChI=1S/C8H7P/c1-6-5-7-3-2-4-8(7)9-6/h2-5H,1H3. The van der Waals surface area contributed by atoms with E-state index in [-0.39, 0.29) is 0 Å². The van der Waals surface area contributed by atoms with Gasteiger partial charge in [-0.2, -0.15) is 0 Å². The smallest absolute Gasteiger partial charge is 0.00929 e. The molecule has 0 unspecified atom stereocenters. The molecule has 9 heavy (non-hydrogen) atoms. The molecule has 1 aliphatic heterocycles. The van der Waals surface area contributed by atoms with Crippen molar-refractivity contribution < 1.29 is 0 Å². The van der Waals surface area contributed by atoms with E-state index in [1.807, 2.05) is 0 Å². The van der Waals surface area contributed by atoms with Crippen molar-refractivity contribution in [1.29, 1.82) is 0 Å². The number of fused-ring (bicyclic) bond motifs is 1. The summed E-state index contributed by atoms with van der Waals surface area (Å²) < 4.78 is 0. The third-order valence-electron chi connectivity index (χ3n) is 1.49. The lowest BCUT2D eigenvalue weighted by atomic mass is 10.2. The summed E-state index contributed by atoms with van der Waals surface area (Å²) in [5, 5.41) is 2.92. The molecule has 0 N–H and O–H groups in total. The van der Waals surface area contributed by atoms with Crippen LogP contribution in [0.25, 0.3) is 0 Å². The van der Waals surface area contributed by atoms with Gasteiger partial charge in [0.05, 0.1) is 0 Å². The van der Waals surface area contributed by atoms with Crippen LogP contribution in [0.2, 0.25) is 0 Å². The van der Waals surface area contributed by atoms with Crippen LogP contribution in [0.4, 0.5) is 0 Å². The molecule has 0 aromatic carbocycles. The average Bonchev–Trinajstić information content (AvgIpc) is 2.22. The lowest BCUT2D eigenvalue weighted by Gasteiger charge is -1.84. The molecule has 0 nitrogen and oxygen atoms in total. The molecule has 0 aromatic rings. The maximum absolute atomic E-state index is 2.25. The Morgan fingerprint density at radius 2 is 2.33 bits per heavy atom. The molecule has 0 amide bonds. The van der Waals surface area contributed by atoms with Gasteiger partial charge in [0.25, 0.3) is 0 Å². The van der Waals surface area contributed by atoms with Gasteiger partial charge in [0, 0.05) is 5.31 Å². The SMILES string of the molecule is CC1=PC2=CC=CC2=C1. The predicted molar refractivity (Wildman–Crippen MR) is 42.9 cm³/mol. The van der Waals surface area contributed by atoms with Crippen LogP contribution in [-0.4, -0.2) is 5.29 Å². The van der Waals surface area contributed by atoms with Crippen LogP contribution in [0, 0.1) is 0 Å². The molecule has 0 spiro atoms. The van der Waals surface area contributed by atoms with Gasteiger partial charge in [0.2, 0.25) is 0 Å². The monoisotopic (exact) mass is 134 g/mol. The summed E-state index contributed by atoms with van der Waals surface area (Å²) in [5.74, 6) is 0. The van der Waals surface area contributed by atoms with Crippen LogP contribution in [-0.2, 0) is 0 Å². The molecule has 1 aliphatic carbocycles. The molecular formula is C8H7P. The first-order valence-corrected chi connectivity index (χ1v) is 3.91. The van der Waals surface area contributed by atoms with Crippen molar-refractivity contribution >= 4 is 13.5 Å². The van der Waals surface area contributed by atoms with E-state index < -0.39 is 0 Å². The summed E-state index contributed by atoms with van der Waals surface area (Å²) in [7, 11) is 1.40. The Labute approximate surface area is 56.4 Å². The normalized spacial score (nSPS) is 23.0. The van der Waals surface area contributed by atoms with E-state index in [1.54, 1.807) is 0 Å². The Bertz CT molecular complexity index is 264. The third kappa shape index (κ3) is 0.710. The molecule has 0 fully saturated rings. The second-order valence-corrected chi connectivity index (χ2v) is 3.67. The lowest BCUT2D eigenvalue weighted by Crippen LogP contribution is -1.72. The predicted octanol–water partition coefficient (Wildman–Crippen LogP) is 2.52. The topological polar surface area (TPSA) is 0 Å². The summed E-state index contributed by atoms with van der Waals surface area (Å²) in [6.07, 6.45) is 8.71. The summed E-state index contributed by atoms with van der Waals surface area (Å²) >= 11 is 0. The van der Waals surface area contributed by atoms with Crippen molar-refractivity contribution in [2.75, 3.05) is 0 Å². The lowest BCUT2D eigenvalue weighted by molar-refractivity contribution is 1.77. The molecule has 0 saturated carbocycles. The quantitative estimate of drug-likeness (QED) is 0.446. The minimum absolute atomic E-state index is 1.40. The average molecular weight is 134 g/mol. The van der Waals surface area contributed by atoms with Gasteiger partial charge in [-0.1, -0.05) is 20.4 Å². The maximum Gasteiger partial charge on any atom is 0.00929 e. The molecule has 0 radical (unpaired) electrons. The van der Waals surface area contributed by atoms with Crippen LogP contribution in [0.1, 0.15) is 6.92 Å². The van der Waals surface area contributed by atoms with Crippen molar-refractivity contribution in [3.05, 3.63) is 35.2 Å². The molecule has 0 atom stereocenters. The molecule has 44 valence electrons. The van der Waals surface area contributed by atoms with E-state index >= 15 is 0 Å². The maximum atomic E-state index is 2.25. The van der Waals surface area contributed by atoms with Gasteiger partial charge < -0.3 is 0 Å². The van der Waals surface area contributed by atoms with Gasteiger partial charge in [0.1, 0.15) is 0 Å². The zero-order valence-corrected chi connectivity index (χ0v) is 6.15. The highest BCUT2D eigenvalue weighted by molar-refractivity contribution is 7.47. The van der Waals surface area contributed by atoms with Crippen LogP contribution in [0.15, 0.2) is 35.2 Å². The fourth-order valence-electron chi connectivity index (χ4n) is 1.10. The van der Waals surface area contributed by atoms with E-state index in [0.29, 0.717) is 0 Å². The zero-order valence-electron chi connectivity index (χ0n) is 5.26. The Morgan fingerprint density at radius 3 is 3.11 bits per heavy atom. The number of hydrogen-bond donors (Lipinski definition) is 0. The second kappa shape index (κ2) is 1.68. The van der Waals surface area contributed by atoms with Crippen molar-refractivity contribution in [3.8, 4) is 0 Å². The molecule has 2 aliphatic rings. The highest BCUT2D eigenvalue weighted by Crippen LogP contribution is 2.34. The first-order valence-electron chi connectivity index (χ1n) is 3.02. The first-order chi connectivity index (χ1) is 4.36. The van der Waals surface area contributed by atoms with Crippen molar-refractivity contribution in [1.82, 2.24) is 0 Å². The van der Waals surface area contributed by atoms with Gasteiger partial charge >= 0.3 is 0 Å². The Hall–Kier alpha value is -0.610. The minimum atomic E-state index is 1.40. The summed E-state index contributed by atoms with van der Waals surface area (Å²) in [5.41, 5.74) is 1.41. The van der Waals surface area contributed by atoms with Crippen molar-refractivity contribution in [3.63, 3.8) is 0 Å². The summed E-state index contributed by atoms with van der Waals surface area (Å²) in [4.78, 5) is 0. The number of hydrogen-bond acceptors (Lipinski definition) is 0. The number of rotatable bonds is 0. The van der Waals surface area contributed by atoms with Crippen LogP contribution in [0.5, 0.6) is 0 Å². The highest BCUT2D eigenvalue weighted by Gasteiger charge is 2.09. The fourth-order valence-corrected chi connectivity index (χ4v) is 2.11. The molecule has 0 bridgehead atoms. The molecule has 0 aromatic heterocycles. The van der Waals surface area contributed by atoms with Gasteiger partial charge in [-0.05, 0) is 29.9 Å². The van der Waals surface area contributed by atoms with Crippen molar-refractivity contribution in [2.45, 2.75) is 6.92 Å². The Kier molecular flexibility index (Phi) is 0.972. The Balaban J connectivity index is 2.53. The van der Waals surface area contributed by atoms with E-state index in [1.165, 1.54) is 24.4 Å². The summed E-state index contributed by atoms with van der Waals surface area (Å²) in [6, 6.07) is 0. The molecule has 0 saturated heterocycles. The van der Waals surface area contributed by atoms with Crippen LogP contribution < -0.4 is 0 Å². The fraction of sp³-hybridized carbons (Fsp3) is 0.125. The highest BCUT2D eigenvalue weighted by atomic mass is 31.1. The molecular weight excluding hydrogens is 127 g/mol. The minimum Gasteiger partial charge on any atom is -0.0646 e. The van der Waals surface area contributed by atoms with E-state index in [2.05, 4.69) is 31.2 Å². The van der Waals surface area contributed by atoms with E-state index in [9.17, 15) is 0 Å².